The fourth-order valence-corrected chi connectivity index (χ4v) is 2.91. The van der Waals surface area contributed by atoms with Crippen LogP contribution in [0.15, 0.2) is 18.2 Å². The molecule has 1 unspecified atom stereocenters. The number of halogens is 1. The molecule has 1 heterocycles. The number of rotatable bonds is 4. The second kappa shape index (κ2) is 6.25. The molecule has 104 valence electrons. The maximum absolute atomic E-state index is 13.6. The summed E-state index contributed by atoms with van der Waals surface area (Å²) in [5, 5.41) is 3.13. The lowest BCUT2D eigenvalue weighted by Crippen LogP contribution is -2.42. The molecule has 0 spiro atoms. The van der Waals surface area contributed by atoms with E-state index in [1.807, 2.05) is 0 Å². The van der Waals surface area contributed by atoms with E-state index in [-0.39, 0.29) is 17.7 Å². The first-order chi connectivity index (χ1) is 9.11. The maximum Gasteiger partial charge on any atom is 0.240 e. The number of methoxy groups -OCH3 is 1. The van der Waals surface area contributed by atoms with Crippen molar-refractivity contribution in [1.29, 1.82) is 0 Å². The molecule has 1 aromatic carbocycles. The molecule has 0 aliphatic carbocycles. The van der Waals surface area contributed by atoms with Gasteiger partial charge in [0.2, 0.25) is 5.91 Å². The van der Waals surface area contributed by atoms with Crippen molar-refractivity contribution in [2.45, 2.75) is 12.6 Å². The van der Waals surface area contributed by atoms with Crippen LogP contribution >= 0.6 is 11.8 Å². The van der Waals surface area contributed by atoms with Gasteiger partial charge in [-0.1, -0.05) is 6.07 Å². The van der Waals surface area contributed by atoms with E-state index in [9.17, 15) is 9.18 Å². The molecule has 0 radical (unpaired) electrons. The fraction of sp³-hybridized carbons (Fsp3) is 0.462. The number of hydrogen-bond acceptors (Lipinski definition) is 4. The molecule has 0 aromatic heterocycles. The van der Waals surface area contributed by atoms with Gasteiger partial charge in [-0.15, -0.1) is 11.8 Å². The van der Waals surface area contributed by atoms with Gasteiger partial charge in [-0.2, -0.15) is 0 Å². The van der Waals surface area contributed by atoms with Gasteiger partial charge in [0.1, 0.15) is 0 Å². The predicted molar refractivity (Wildman–Crippen MR) is 73.7 cm³/mol. The summed E-state index contributed by atoms with van der Waals surface area (Å²) >= 11 is 1.71. The average Bonchev–Trinajstić information content (AvgIpc) is 2.92. The Morgan fingerprint density at radius 2 is 2.42 bits per heavy atom. The number of benzene rings is 1. The van der Waals surface area contributed by atoms with Crippen LogP contribution in [0.3, 0.4) is 0 Å². The van der Waals surface area contributed by atoms with Crippen molar-refractivity contribution in [3.05, 3.63) is 29.6 Å². The van der Waals surface area contributed by atoms with Crippen LogP contribution in [0, 0.1) is 5.82 Å². The standard InChI is InChI=1S/C13H17FN2O2S/c1-16(13(17)11-7-19-8-15-11)6-9-3-4-12(18-2)10(14)5-9/h3-5,11,15H,6-8H2,1-2H3. The number of carbonyl (C=O) groups is 1. The zero-order valence-electron chi connectivity index (χ0n) is 11.0. The van der Waals surface area contributed by atoms with Crippen molar-refractivity contribution >= 4 is 17.7 Å². The molecule has 6 heteroatoms. The Bertz CT molecular complexity index is 464. The van der Waals surface area contributed by atoms with Crippen LogP contribution in [-0.4, -0.2) is 42.6 Å². The van der Waals surface area contributed by atoms with Crippen molar-refractivity contribution in [3.8, 4) is 5.75 Å². The third kappa shape index (κ3) is 3.39. The zero-order chi connectivity index (χ0) is 13.8. The number of thioether (sulfide) groups is 1. The molecule has 1 saturated heterocycles. The van der Waals surface area contributed by atoms with Crippen LogP contribution < -0.4 is 10.1 Å². The summed E-state index contributed by atoms with van der Waals surface area (Å²) in [7, 11) is 3.16. The van der Waals surface area contributed by atoms with Gasteiger partial charge in [0.05, 0.1) is 13.2 Å². The number of nitrogens with one attached hydrogen (secondary N) is 1. The minimum Gasteiger partial charge on any atom is -0.494 e. The molecule has 0 saturated carbocycles. The highest BCUT2D eigenvalue weighted by Gasteiger charge is 2.25. The number of carbonyl (C=O) groups excluding carboxylic acids is 1. The maximum atomic E-state index is 13.6. The summed E-state index contributed by atoms with van der Waals surface area (Å²) in [6.45, 7) is 0.391. The highest BCUT2D eigenvalue weighted by atomic mass is 32.2. The van der Waals surface area contributed by atoms with E-state index in [1.165, 1.54) is 13.2 Å². The topological polar surface area (TPSA) is 41.6 Å². The van der Waals surface area contributed by atoms with E-state index >= 15 is 0 Å². The Hall–Kier alpha value is -1.27. The Balaban J connectivity index is 1.99. The first-order valence-electron chi connectivity index (χ1n) is 6.00. The van der Waals surface area contributed by atoms with E-state index in [1.54, 1.807) is 35.8 Å². The quantitative estimate of drug-likeness (QED) is 0.909. The summed E-state index contributed by atoms with van der Waals surface area (Å²) < 4.78 is 18.4. The van der Waals surface area contributed by atoms with Gasteiger partial charge in [0.25, 0.3) is 0 Å². The van der Waals surface area contributed by atoms with Gasteiger partial charge in [-0.05, 0) is 17.7 Å². The number of hydrogen-bond donors (Lipinski definition) is 1. The van der Waals surface area contributed by atoms with Crippen LogP contribution in [0.5, 0.6) is 5.75 Å². The van der Waals surface area contributed by atoms with E-state index in [2.05, 4.69) is 5.32 Å². The molecule has 4 nitrogen and oxygen atoms in total. The molecular formula is C13H17FN2O2S. The summed E-state index contributed by atoms with van der Waals surface area (Å²) in [4.78, 5) is 13.7. The van der Waals surface area contributed by atoms with Gasteiger partial charge >= 0.3 is 0 Å². The molecule has 1 atom stereocenters. The summed E-state index contributed by atoms with van der Waals surface area (Å²) in [5.74, 6) is 1.45. The monoisotopic (exact) mass is 284 g/mol. The highest BCUT2D eigenvalue weighted by Crippen LogP contribution is 2.19. The lowest BCUT2D eigenvalue weighted by Gasteiger charge is -2.21. The summed E-state index contributed by atoms with van der Waals surface area (Å²) in [6, 6.07) is 4.62. The number of nitrogens with zero attached hydrogens (tertiary/aromatic N) is 1. The number of likely N-dealkylation sites (N-methyl/N-ethyl adjacent to an activating group) is 1. The normalized spacial score (nSPS) is 18.4. The van der Waals surface area contributed by atoms with E-state index in [0.29, 0.717) is 6.54 Å². The van der Waals surface area contributed by atoms with E-state index in [4.69, 9.17) is 4.74 Å². The first-order valence-corrected chi connectivity index (χ1v) is 7.16. The second-order valence-electron chi connectivity index (χ2n) is 4.44. The van der Waals surface area contributed by atoms with Crippen molar-refractivity contribution in [2.75, 3.05) is 25.8 Å². The molecule has 1 aromatic rings. The summed E-state index contributed by atoms with van der Waals surface area (Å²) in [6.07, 6.45) is 0. The number of amides is 1. The molecule has 2 rings (SSSR count). The second-order valence-corrected chi connectivity index (χ2v) is 5.47. The van der Waals surface area contributed by atoms with Crippen LogP contribution in [-0.2, 0) is 11.3 Å². The summed E-state index contributed by atoms with van der Waals surface area (Å²) in [5.41, 5.74) is 0.750. The Kier molecular flexibility index (Phi) is 4.66. The van der Waals surface area contributed by atoms with Crippen molar-refractivity contribution in [3.63, 3.8) is 0 Å². The Labute approximate surface area is 116 Å². The van der Waals surface area contributed by atoms with Gasteiger partial charge in [0.15, 0.2) is 11.6 Å². The third-order valence-electron chi connectivity index (χ3n) is 3.03. The average molecular weight is 284 g/mol. The molecule has 1 aliphatic heterocycles. The number of ether oxygens (including phenoxy) is 1. The fourth-order valence-electron chi connectivity index (χ4n) is 1.98. The highest BCUT2D eigenvalue weighted by molar-refractivity contribution is 7.99. The lowest BCUT2D eigenvalue weighted by molar-refractivity contribution is -0.131. The van der Waals surface area contributed by atoms with E-state index < -0.39 is 5.82 Å². The first kappa shape index (κ1) is 14.1. The Morgan fingerprint density at radius 1 is 1.63 bits per heavy atom. The smallest absolute Gasteiger partial charge is 0.240 e. The van der Waals surface area contributed by atoms with Crippen LogP contribution in [0.25, 0.3) is 0 Å². The SMILES string of the molecule is COc1ccc(CN(C)C(=O)C2CSCN2)cc1F. The Morgan fingerprint density at radius 3 is 3.00 bits per heavy atom. The predicted octanol–water partition coefficient (Wildman–Crippen LogP) is 1.46. The minimum atomic E-state index is -0.407. The van der Waals surface area contributed by atoms with Gasteiger partial charge in [-0.3, -0.25) is 10.1 Å². The zero-order valence-corrected chi connectivity index (χ0v) is 11.8. The molecule has 19 heavy (non-hydrogen) atoms. The molecule has 0 bridgehead atoms. The lowest BCUT2D eigenvalue weighted by atomic mass is 10.2. The minimum absolute atomic E-state index is 0.0428. The third-order valence-corrected chi connectivity index (χ3v) is 3.97. The van der Waals surface area contributed by atoms with Crippen molar-refractivity contribution < 1.29 is 13.9 Å². The molecule has 1 N–H and O–H groups in total. The largest absolute Gasteiger partial charge is 0.494 e. The van der Waals surface area contributed by atoms with Gasteiger partial charge < -0.3 is 9.64 Å². The molecule has 1 fully saturated rings. The van der Waals surface area contributed by atoms with Crippen LogP contribution in [0.4, 0.5) is 4.39 Å². The van der Waals surface area contributed by atoms with Crippen LogP contribution in [0.1, 0.15) is 5.56 Å². The molecule has 1 amide bonds. The van der Waals surface area contributed by atoms with Crippen LogP contribution in [0.2, 0.25) is 0 Å². The van der Waals surface area contributed by atoms with Gasteiger partial charge in [-0.25, -0.2) is 4.39 Å². The van der Waals surface area contributed by atoms with Crippen molar-refractivity contribution in [2.24, 2.45) is 0 Å². The molecule has 1 aliphatic rings. The van der Waals surface area contributed by atoms with Gasteiger partial charge in [0, 0.05) is 25.2 Å². The molecular weight excluding hydrogens is 267 g/mol. The van der Waals surface area contributed by atoms with Crippen molar-refractivity contribution in [1.82, 2.24) is 10.2 Å². The van der Waals surface area contributed by atoms with E-state index in [0.717, 1.165) is 17.2 Å².